The molecule has 0 spiro atoms. The number of thiazole rings is 1. The first-order valence-electron chi connectivity index (χ1n) is 14.4. The highest BCUT2D eigenvalue weighted by molar-refractivity contribution is 7.46. The molecular weight excluding hydrogens is 541 g/mol. The third kappa shape index (κ3) is 9.65. The minimum atomic E-state index is -4.69. The second-order valence-electron chi connectivity index (χ2n) is 10.1. The van der Waals surface area contributed by atoms with Gasteiger partial charge in [0.05, 0.1) is 12.0 Å². The smallest absolute Gasteiger partial charge is 0.372 e. The van der Waals surface area contributed by atoms with Crippen LogP contribution in [-0.4, -0.2) is 6.61 Å². The number of unbranched alkanes of at least 4 members (excludes halogenated alkanes) is 9. The molecule has 4 aromatic rings. The summed E-state index contributed by atoms with van der Waals surface area (Å²) in [6.07, 6.45) is 14.7. The third-order valence-electron chi connectivity index (χ3n) is 6.82. The molecule has 0 aliphatic heterocycles. The monoisotopic (exact) mass is 581 g/mol. The number of benzene rings is 3. The Morgan fingerprint density at radius 2 is 1.48 bits per heavy atom. The summed E-state index contributed by atoms with van der Waals surface area (Å²) in [6, 6.07) is 17.9. The van der Waals surface area contributed by atoms with E-state index in [0.29, 0.717) is 18.5 Å². The van der Waals surface area contributed by atoms with Gasteiger partial charge in [-0.3, -0.25) is 0 Å². The first-order valence-corrected chi connectivity index (χ1v) is 16.8. The molecule has 0 bridgehead atoms. The standard InChI is InChI=1S/C32H40NO5PS/c1-2-3-4-5-6-7-8-9-10-13-22-36-31-19-20-32(30-18-12-11-17-29(30)31)38-39(34,35)37-28-16-14-15-27(24-28)25-33-21-23-40-26-33/h11-12,14-21,23-24,26H,2-10,13,22,25H2,1H3. The number of rotatable bonds is 18. The Bertz CT molecular complexity index is 1360. The number of hydrogen-bond donors (Lipinski definition) is 0. The molecule has 0 fully saturated rings. The van der Waals surface area contributed by atoms with Crippen molar-refractivity contribution >= 4 is 29.9 Å². The number of hydrogen-bond acceptors (Lipinski definition) is 6. The van der Waals surface area contributed by atoms with Gasteiger partial charge in [-0.2, -0.15) is 4.57 Å². The molecule has 0 saturated heterocycles. The lowest BCUT2D eigenvalue weighted by molar-refractivity contribution is -0.683. The summed E-state index contributed by atoms with van der Waals surface area (Å²) in [5.74, 6) is 1.15. The van der Waals surface area contributed by atoms with E-state index < -0.39 is 7.82 Å². The molecule has 1 aromatic heterocycles. The van der Waals surface area contributed by atoms with Crippen molar-refractivity contribution in [2.75, 3.05) is 6.61 Å². The Morgan fingerprint density at radius 3 is 2.17 bits per heavy atom. The first-order chi connectivity index (χ1) is 19.5. The van der Waals surface area contributed by atoms with Gasteiger partial charge >= 0.3 is 7.82 Å². The second kappa shape index (κ2) is 15.8. The van der Waals surface area contributed by atoms with Gasteiger partial charge < -0.3 is 18.7 Å². The fraction of sp³-hybridized carbons (Fsp3) is 0.406. The highest BCUT2D eigenvalue weighted by atomic mass is 32.1. The van der Waals surface area contributed by atoms with Crippen molar-refractivity contribution in [1.82, 2.24) is 0 Å². The number of ether oxygens (including phenoxy) is 1. The maximum atomic E-state index is 12.9. The first kappa shape index (κ1) is 30.1. The molecule has 40 heavy (non-hydrogen) atoms. The van der Waals surface area contributed by atoms with Crippen molar-refractivity contribution in [3.8, 4) is 17.2 Å². The Morgan fingerprint density at radius 1 is 0.800 bits per heavy atom. The number of fused-ring (bicyclic) bond motifs is 1. The molecule has 0 aliphatic carbocycles. The van der Waals surface area contributed by atoms with Crippen molar-refractivity contribution in [3.05, 3.63) is 83.3 Å². The zero-order chi connectivity index (χ0) is 28.0. The summed E-state index contributed by atoms with van der Waals surface area (Å²) in [5.41, 5.74) is 2.92. The fourth-order valence-electron chi connectivity index (χ4n) is 4.75. The fourth-order valence-corrected chi connectivity index (χ4v) is 6.16. The lowest BCUT2D eigenvalue weighted by Crippen LogP contribution is -2.30. The Kier molecular flexibility index (Phi) is 11.9. The molecule has 214 valence electrons. The van der Waals surface area contributed by atoms with Crippen molar-refractivity contribution in [2.24, 2.45) is 0 Å². The predicted octanol–water partition coefficient (Wildman–Crippen LogP) is 8.46. The van der Waals surface area contributed by atoms with Crippen LogP contribution in [0.3, 0.4) is 0 Å². The molecule has 0 radical (unpaired) electrons. The SMILES string of the molecule is CCCCCCCCCCCCOc1ccc(OP(=O)([O-])Oc2cccc(C[n+]3ccsc3)c2)c2ccccc12. The van der Waals surface area contributed by atoms with Gasteiger partial charge in [0.15, 0.2) is 12.7 Å². The van der Waals surface area contributed by atoms with Crippen LogP contribution >= 0.6 is 19.2 Å². The van der Waals surface area contributed by atoms with Crippen LogP contribution in [0.15, 0.2) is 77.8 Å². The second-order valence-corrected chi connectivity index (χ2v) is 12.1. The Labute approximate surface area is 242 Å². The molecule has 0 aliphatic rings. The zero-order valence-electron chi connectivity index (χ0n) is 23.3. The zero-order valence-corrected chi connectivity index (χ0v) is 25.0. The highest BCUT2D eigenvalue weighted by Gasteiger charge is 2.17. The van der Waals surface area contributed by atoms with Gasteiger partial charge in [0.25, 0.3) is 0 Å². The summed E-state index contributed by atoms with van der Waals surface area (Å²) in [7, 11) is -4.69. The van der Waals surface area contributed by atoms with Crippen molar-refractivity contribution in [3.63, 3.8) is 0 Å². The molecule has 8 heteroatoms. The largest absolute Gasteiger partial charge is 0.736 e. The number of aromatic nitrogens is 1. The van der Waals surface area contributed by atoms with Gasteiger partial charge in [-0.05, 0) is 30.7 Å². The maximum Gasteiger partial charge on any atom is 0.372 e. The lowest BCUT2D eigenvalue weighted by atomic mass is 10.1. The van der Waals surface area contributed by atoms with Gasteiger partial charge in [0.2, 0.25) is 5.51 Å². The summed E-state index contributed by atoms with van der Waals surface area (Å²) < 4.78 is 31.7. The van der Waals surface area contributed by atoms with Gasteiger partial charge in [-0.15, -0.1) is 0 Å². The number of phosphoric acid groups is 1. The highest BCUT2D eigenvalue weighted by Crippen LogP contribution is 2.44. The van der Waals surface area contributed by atoms with E-state index in [4.69, 9.17) is 13.8 Å². The van der Waals surface area contributed by atoms with Gasteiger partial charge in [0.1, 0.15) is 17.2 Å². The minimum Gasteiger partial charge on any atom is -0.736 e. The van der Waals surface area contributed by atoms with Crippen LogP contribution < -0.4 is 23.2 Å². The Hall–Kier alpha value is -2.86. The third-order valence-corrected chi connectivity index (χ3v) is 8.34. The van der Waals surface area contributed by atoms with Crippen LogP contribution in [0, 0.1) is 0 Å². The molecule has 3 aromatic carbocycles. The van der Waals surface area contributed by atoms with Crippen molar-refractivity contribution in [2.45, 2.75) is 77.7 Å². The summed E-state index contributed by atoms with van der Waals surface area (Å²) in [6.45, 7) is 3.50. The van der Waals surface area contributed by atoms with Crippen LogP contribution in [0.1, 0.15) is 76.7 Å². The molecular formula is C32H40NO5PS. The average Bonchev–Trinajstić information content (AvgIpc) is 3.45. The molecule has 0 amide bonds. The van der Waals surface area contributed by atoms with E-state index in [1.807, 2.05) is 52.0 Å². The van der Waals surface area contributed by atoms with Crippen molar-refractivity contribution < 1.29 is 27.8 Å². The number of nitrogens with zero attached hydrogens (tertiary/aromatic N) is 1. The van der Waals surface area contributed by atoms with E-state index in [0.717, 1.165) is 29.5 Å². The predicted molar refractivity (Wildman–Crippen MR) is 160 cm³/mol. The van der Waals surface area contributed by atoms with Crippen LogP contribution in [0.5, 0.6) is 17.2 Å². The summed E-state index contributed by atoms with van der Waals surface area (Å²) >= 11 is 1.60. The summed E-state index contributed by atoms with van der Waals surface area (Å²) in [5, 5.41) is 3.45. The van der Waals surface area contributed by atoms with Crippen LogP contribution in [0.25, 0.3) is 10.8 Å². The number of phosphoric ester groups is 1. The van der Waals surface area contributed by atoms with Gasteiger partial charge in [0, 0.05) is 16.3 Å². The Balaban J connectivity index is 1.29. The van der Waals surface area contributed by atoms with E-state index >= 15 is 0 Å². The van der Waals surface area contributed by atoms with Crippen LogP contribution in [-0.2, 0) is 11.1 Å². The molecule has 0 N–H and O–H groups in total. The average molecular weight is 582 g/mol. The lowest BCUT2D eigenvalue weighted by Gasteiger charge is -2.25. The van der Waals surface area contributed by atoms with Gasteiger partial charge in [-0.25, -0.2) is 4.57 Å². The molecule has 1 unspecified atom stereocenters. The molecule has 1 heterocycles. The molecule has 6 nitrogen and oxygen atoms in total. The van der Waals surface area contributed by atoms with E-state index in [9.17, 15) is 9.46 Å². The molecule has 4 rings (SSSR count). The minimum absolute atomic E-state index is 0.213. The van der Waals surface area contributed by atoms with E-state index in [-0.39, 0.29) is 11.5 Å². The molecule has 1 atom stereocenters. The van der Waals surface area contributed by atoms with E-state index in [2.05, 4.69) is 6.92 Å². The van der Waals surface area contributed by atoms with Crippen LogP contribution in [0.4, 0.5) is 0 Å². The normalized spacial score (nSPS) is 12.8. The van der Waals surface area contributed by atoms with E-state index in [1.165, 1.54) is 51.4 Å². The van der Waals surface area contributed by atoms with E-state index in [1.54, 1.807) is 41.7 Å². The molecule has 0 saturated carbocycles. The van der Waals surface area contributed by atoms with Gasteiger partial charge in [-0.1, -0.05) is 112 Å². The van der Waals surface area contributed by atoms with Crippen LogP contribution in [0.2, 0.25) is 0 Å². The maximum absolute atomic E-state index is 12.9. The summed E-state index contributed by atoms with van der Waals surface area (Å²) in [4.78, 5) is 12.9. The quantitative estimate of drug-likeness (QED) is 0.0670. The van der Waals surface area contributed by atoms with Crippen molar-refractivity contribution in [1.29, 1.82) is 0 Å². The topological polar surface area (TPSA) is 71.7 Å².